The van der Waals surface area contributed by atoms with Crippen LogP contribution in [-0.2, 0) is 14.8 Å². The van der Waals surface area contributed by atoms with Crippen molar-refractivity contribution in [1.29, 1.82) is 0 Å². The van der Waals surface area contributed by atoms with Gasteiger partial charge < -0.3 is 9.84 Å². The second kappa shape index (κ2) is 8.77. The Labute approximate surface area is 176 Å². The predicted molar refractivity (Wildman–Crippen MR) is 113 cm³/mol. The minimum absolute atomic E-state index is 0.0153. The number of piperidine rings is 1. The van der Waals surface area contributed by atoms with Crippen molar-refractivity contribution in [3.8, 4) is 5.75 Å². The fourth-order valence-electron chi connectivity index (χ4n) is 3.05. The highest BCUT2D eigenvalue weighted by atomic mass is 79.9. The smallest absolute Gasteiger partial charge is 0.337 e. The van der Waals surface area contributed by atoms with Gasteiger partial charge in [-0.25, -0.2) is 13.2 Å². The van der Waals surface area contributed by atoms with E-state index in [0.29, 0.717) is 29.3 Å². The molecule has 1 saturated heterocycles. The molecule has 1 fully saturated rings. The maximum absolute atomic E-state index is 12.8. The van der Waals surface area contributed by atoms with Crippen molar-refractivity contribution in [2.24, 2.45) is 0 Å². The standard InChI is InChI=1S/C19H20BrNO5S2/c1-26-16-6-5-14(20)11-13(16)12-15(19(22)23)17-7-8-18(27-17)28(24,25)21-9-3-2-4-10-21/h5-8,11-12H,2-4,9-10H2,1H3,(H,22,23). The summed E-state index contributed by atoms with van der Waals surface area (Å²) in [5, 5.41) is 9.71. The van der Waals surface area contributed by atoms with Crippen LogP contribution in [-0.4, -0.2) is 44.0 Å². The maximum Gasteiger partial charge on any atom is 0.337 e. The average Bonchev–Trinajstić information content (AvgIpc) is 3.17. The molecule has 0 spiro atoms. The third-order valence-corrected chi connectivity index (χ3v) is 8.46. The van der Waals surface area contributed by atoms with Crippen LogP contribution in [0.25, 0.3) is 11.6 Å². The molecular formula is C19H20BrNO5S2. The molecular weight excluding hydrogens is 466 g/mol. The van der Waals surface area contributed by atoms with E-state index in [4.69, 9.17) is 4.74 Å². The first-order valence-corrected chi connectivity index (χ1v) is 11.8. The first-order chi connectivity index (χ1) is 13.3. The van der Waals surface area contributed by atoms with Crippen LogP contribution < -0.4 is 4.74 Å². The lowest BCUT2D eigenvalue weighted by Gasteiger charge is -2.25. The SMILES string of the molecule is COc1ccc(Br)cc1C=C(C(=O)O)c1ccc(S(=O)(=O)N2CCCCC2)s1. The molecule has 0 aliphatic carbocycles. The number of halogens is 1. The Hall–Kier alpha value is -1.68. The van der Waals surface area contributed by atoms with Crippen LogP contribution in [0.1, 0.15) is 29.7 Å². The monoisotopic (exact) mass is 485 g/mol. The van der Waals surface area contributed by atoms with Gasteiger partial charge in [-0.3, -0.25) is 0 Å². The van der Waals surface area contributed by atoms with E-state index in [1.165, 1.54) is 23.6 Å². The maximum atomic E-state index is 12.8. The van der Waals surface area contributed by atoms with E-state index in [-0.39, 0.29) is 9.78 Å². The summed E-state index contributed by atoms with van der Waals surface area (Å²) in [5.41, 5.74) is 0.601. The molecule has 1 aliphatic heterocycles. The first-order valence-electron chi connectivity index (χ1n) is 8.72. The van der Waals surface area contributed by atoms with E-state index in [9.17, 15) is 18.3 Å². The first kappa shape index (κ1) is 21.0. The molecule has 0 amide bonds. The number of hydrogen-bond donors (Lipinski definition) is 1. The van der Waals surface area contributed by atoms with Crippen LogP contribution in [0.5, 0.6) is 5.75 Å². The van der Waals surface area contributed by atoms with Crippen LogP contribution in [0.3, 0.4) is 0 Å². The fraction of sp³-hybridized carbons (Fsp3) is 0.316. The summed E-state index contributed by atoms with van der Waals surface area (Å²) in [6.45, 7) is 1.01. The number of ether oxygens (including phenoxy) is 1. The highest BCUT2D eigenvalue weighted by Gasteiger charge is 2.28. The lowest BCUT2D eigenvalue weighted by Crippen LogP contribution is -2.35. The third kappa shape index (κ3) is 4.48. The number of rotatable bonds is 6. The van der Waals surface area contributed by atoms with Gasteiger partial charge in [0, 0.05) is 28.0 Å². The summed E-state index contributed by atoms with van der Waals surface area (Å²) < 4.78 is 33.4. The Morgan fingerprint density at radius 3 is 2.57 bits per heavy atom. The van der Waals surface area contributed by atoms with E-state index in [2.05, 4.69) is 15.9 Å². The molecule has 6 nitrogen and oxygen atoms in total. The molecule has 1 aromatic carbocycles. The van der Waals surface area contributed by atoms with Crippen LogP contribution >= 0.6 is 27.3 Å². The second-order valence-electron chi connectivity index (χ2n) is 6.33. The van der Waals surface area contributed by atoms with Gasteiger partial charge in [0.2, 0.25) is 0 Å². The number of hydrogen-bond acceptors (Lipinski definition) is 5. The van der Waals surface area contributed by atoms with Crippen LogP contribution in [0, 0.1) is 0 Å². The summed E-state index contributed by atoms with van der Waals surface area (Å²) in [5.74, 6) is -0.606. The Kier molecular flexibility index (Phi) is 6.59. The van der Waals surface area contributed by atoms with Gasteiger partial charge in [0.15, 0.2) is 0 Å². The van der Waals surface area contributed by atoms with E-state index < -0.39 is 16.0 Å². The number of sulfonamides is 1. The molecule has 9 heteroatoms. The third-order valence-electron chi connectivity index (χ3n) is 4.48. The predicted octanol–water partition coefficient (Wildman–Crippen LogP) is 4.32. The number of thiophene rings is 1. The van der Waals surface area contributed by atoms with Gasteiger partial charge >= 0.3 is 5.97 Å². The lowest BCUT2D eigenvalue weighted by molar-refractivity contribution is -0.130. The molecule has 0 saturated carbocycles. The zero-order valence-corrected chi connectivity index (χ0v) is 18.4. The van der Waals surface area contributed by atoms with Gasteiger partial charge in [-0.05, 0) is 49.2 Å². The quantitative estimate of drug-likeness (QED) is 0.615. The van der Waals surface area contributed by atoms with Gasteiger partial charge in [-0.1, -0.05) is 22.4 Å². The summed E-state index contributed by atoms with van der Waals surface area (Å²) in [6.07, 6.45) is 4.22. The largest absolute Gasteiger partial charge is 0.496 e. The van der Waals surface area contributed by atoms with E-state index in [1.807, 2.05) is 0 Å². The lowest BCUT2D eigenvalue weighted by atomic mass is 10.1. The Morgan fingerprint density at radius 1 is 1.21 bits per heavy atom. The topological polar surface area (TPSA) is 83.9 Å². The molecule has 0 atom stereocenters. The number of benzene rings is 1. The van der Waals surface area contributed by atoms with Gasteiger partial charge in [0.25, 0.3) is 10.0 Å². The summed E-state index contributed by atoms with van der Waals surface area (Å²) in [7, 11) is -2.08. The van der Waals surface area contributed by atoms with Crippen LogP contribution in [0.2, 0.25) is 0 Å². The van der Waals surface area contributed by atoms with Gasteiger partial charge in [0.05, 0.1) is 12.7 Å². The number of aliphatic carboxylic acids is 1. The van der Waals surface area contributed by atoms with Crippen molar-refractivity contribution in [2.45, 2.75) is 23.5 Å². The molecule has 2 aromatic rings. The highest BCUT2D eigenvalue weighted by Crippen LogP contribution is 2.33. The van der Waals surface area contributed by atoms with Gasteiger partial charge in [0.1, 0.15) is 9.96 Å². The summed E-state index contributed by atoms with van der Waals surface area (Å²) in [4.78, 5) is 12.3. The fourth-order valence-corrected chi connectivity index (χ4v) is 6.41. The van der Waals surface area contributed by atoms with Crippen molar-refractivity contribution in [3.63, 3.8) is 0 Å². The van der Waals surface area contributed by atoms with Gasteiger partial charge in [-0.2, -0.15) is 4.31 Å². The van der Waals surface area contributed by atoms with Crippen molar-refractivity contribution < 1.29 is 23.1 Å². The number of nitrogens with zero attached hydrogens (tertiary/aromatic N) is 1. The number of methoxy groups -OCH3 is 1. The van der Waals surface area contributed by atoms with Crippen LogP contribution in [0.15, 0.2) is 39.0 Å². The second-order valence-corrected chi connectivity index (χ2v) is 10.5. The zero-order valence-electron chi connectivity index (χ0n) is 15.2. The molecule has 1 aromatic heterocycles. The number of carboxylic acids is 1. The molecule has 2 heterocycles. The Bertz CT molecular complexity index is 1010. The van der Waals surface area contributed by atoms with Crippen molar-refractivity contribution in [3.05, 3.63) is 45.2 Å². The van der Waals surface area contributed by atoms with Crippen LogP contribution in [0.4, 0.5) is 0 Å². The molecule has 1 N–H and O–H groups in total. The van der Waals surface area contributed by atoms with E-state index >= 15 is 0 Å². The Morgan fingerprint density at radius 2 is 1.93 bits per heavy atom. The molecule has 0 bridgehead atoms. The molecule has 0 unspecified atom stereocenters. The minimum Gasteiger partial charge on any atom is -0.496 e. The van der Waals surface area contributed by atoms with E-state index in [1.54, 1.807) is 24.3 Å². The number of carboxylic acid groups (broad SMARTS) is 1. The summed E-state index contributed by atoms with van der Waals surface area (Å²) in [6, 6.07) is 8.31. The van der Waals surface area contributed by atoms with Gasteiger partial charge in [-0.15, -0.1) is 11.3 Å². The van der Waals surface area contributed by atoms with Crippen molar-refractivity contribution >= 4 is 54.9 Å². The summed E-state index contributed by atoms with van der Waals surface area (Å²) >= 11 is 4.34. The minimum atomic E-state index is -3.59. The molecule has 28 heavy (non-hydrogen) atoms. The Balaban J connectivity index is 1.99. The molecule has 3 rings (SSSR count). The van der Waals surface area contributed by atoms with E-state index in [0.717, 1.165) is 35.1 Å². The molecule has 0 radical (unpaired) electrons. The van der Waals surface area contributed by atoms with Crippen molar-refractivity contribution in [2.75, 3.05) is 20.2 Å². The van der Waals surface area contributed by atoms with Crippen molar-refractivity contribution in [1.82, 2.24) is 4.31 Å². The zero-order chi connectivity index (χ0) is 20.3. The number of carbonyl (C=O) groups is 1. The molecule has 1 aliphatic rings. The normalized spacial score (nSPS) is 16.1. The molecule has 150 valence electrons. The average molecular weight is 486 g/mol. The highest BCUT2D eigenvalue weighted by molar-refractivity contribution is 9.10.